The quantitative estimate of drug-likeness (QED) is 0.117. The Bertz CT molecular complexity index is 2260. The van der Waals surface area contributed by atoms with Gasteiger partial charge in [-0.25, -0.2) is 0 Å². The maximum Gasteiger partial charge on any atom is 0.488 e. The Morgan fingerprint density at radius 2 is 1.18 bits per heavy atom. The van der Waals surface area contributed by atoms with Crippen molar-refractivity contribution >= 4 is 28.5 Å². The molecule has 12 nitrogen and oxygen atoms in total. The summed E-state index contributed by atoms with van der Waals surface area (Å²) >= 11 is 3.22. The fourth-order valence-corrected chi connectivity index (χ4v) is 6.18. The number of nitrogens with zero attached hydrogens (tertiary/aromatic N) is 4. The minimum Gasteiger partial charge on any atom is -0.454 e. The maximum absolute atomic E-state index is 12.8. The van der Waals surface area contributed by atoms with E-state index >= 15 is 0 Å². The molecule has 292 valence electrons. The number of alkyl halides is 4. The van der Waals surface area contributed by atoms with Gasteiger partial charge in [-0.05, 0) is 98.7 Å². The van der Waals surface area contributed by atoms with E-state index in [0.29, 0.717) is 51.3 Å². The molecule has 0 amide bonds. The number of halogens is 5. The predicted octanol–water partition coefficient (Wildman–Crippen LogP) is 6.48. The van der Waals surface area contributed by atoms with Crippen LogP contribution in [0.5, 0.6) is 34.5 Å². The molecule has 0 radical (unpaired) electrons. The number of hydrogen-bond donors (Lipinski definition) is 2. The Labute approximate surface area is 327 Å². The lowest BCUT2D eigenvalue weighted by molar-refractivity contribution is -0.0507. The molecule has 0 atom stereocenters. The van der Waals surface area contributed by atoms with E-state index in [0.717, 1.165) is 28.1 Å². The van der Waals surface area contributed by atoms with Gasteiger partial charge in [0.2, 0.25) is 13.6 Å². The molecule has 0 saturated carbocycles. The molecule has 2 aliphatic rings. The normalized spacial score (nSPS) is 12.2. The first-order valence-corrected chi connectivity index (χ1v) is 17.6. The molecule has 0 fully saturated rings. The zero-order valence-electron chi connectivity index (χ0n) is 29.8. The van der Waals surface area contributed by atoms with Gasteiger partial charge in [-0.3, -0.25) is 9.36 Å². The molecule has 4 aromatic carbocycles. The summed E-state index contributed by atoms with van der Waals surface area (Å²) in [6.07, 6.45) is 4.76. The standard InChI is InChI=1S/C19H16F2N2O3.C12H11BrF2N2O.C7H7BO4/c1-23-14(6-7-22-23)8-12-2-4-16(26-19(20)21)15(9-12)13-3-5-17-18(10-13)25-11-24-17;1-17-9(4-5-16-17)6-8-2-3-11(10(13)7-8)18-12(14)15;9-8(10)5-1-2-6-7(3-5)12-4-11-6/h2-7,9-10,19H,8,11H2,1H3;2-5,7,12H,6H2,1H3;1-3,9-10H,4H2. The van der Waals surface area contributed by atoms with Crippen LogP contribution in [0.2, 0.25) is 0 Å². The third kappa shape index (κ3) is 10.3. The van der Waals surface area contributed by atoms with E-state index in [1.54, 1.807) is 82.4 Å². The van der Waals surface area contributed by atoms with E-state index in [1.165, 1.54) is 6.07 Å². The molecule has 56 heavy (non-hydrogen) atoms. The van der Waals surface area contributed by atoms with Gasteiger partial charge in [0, 0.05) is 56.3 Å². The lowest BCUT2D eigenvalue weighted by Gasteiger charge is -2.13. The van der Waals surface area contributed by atoms with Gasteiger partial charge in [0.1, 0.15) is 11.5 Å². The van der Waals surface area contributed by atoms with Crippen LogP contribution in [0, 0.1) is 0 Å². The molecule has 0 spiro atoms. The summed E-state index contributed by atoms with van der Waals surface area (Å²) < 4.78 is 83.8. The van der Waals surface area contributed by atoms with Crippen molar-refractivity contribution in [1.29, 1.82) is 0 Å². The molecule has 2 aromatic heterocycles. The van der Waals surface area contributed by atoms with E-state index in [-0.39, 0.29) is 25.1 Å². The second-order valence-corrected chi connectivity index (χ2v) is 13.0. The first-order valence-electron chi connectivity index (χ1n) is 16.8. The van der Waals surface area contributed by atoms with Crippen LogP contribution >= 0.6 is 15.9 Å². The largest absolute Gasteiger partial charge is 0.488 e. The zero-order valence-corrected chi connectivity index (χ0v) is 31.4. The molecule has 0 bridgehead atoms. The molecular formula is C38H34BBrF4N4O8. The van der Waals surface area contributed by atoms with Crippen LogP contribution in [0.4, 0.5) is 17.6 Å². The average molecular weight is 841 g/mol. The molecule has 4 heterocycles. The Balaban J connectivity index is 0.000000154. The van der Waals surface area contributed by atoms with Crippen LogP contribution in [-0.4, -0.2) is 63.5 Å². The fraction of sp³-hybridized carbons (Fsp3) is 0.211. The van der Waals surface area contributed by atoms with Gasteiger partial charge < -0.3 is 38.5 Å². The van der Waals surface area contributed by atoms with Gasteiger partial charge in [-0.15, -0.1) is 0 Å². The van der Waals surface area contributed by atoms with Crippen LogP contribution < -0.4 is 33.9 Å². The van der Waals surface area contributed by atoms with Crippen molar-refractivity contribution in [1.82, 2.24) is 19.6 Å². The average Bonchev–Trinajstić information content (AvgIpc) is 3.99. The monoisotopic (exact) mass is 840 g/mol. The maximum atomic E-state index is 12.8. The van der Waals surface area contributed by atoms with Crippen molar-refractivity contribution in [2.45, 2.75) is 26.1 Å². The van der Waals surface area contributed by atoms with Crippen molar-refractivity contribution in [3.05, 3.63) is 124 Å². The highest BCUT2D eigenvalue weighted by Gasteiger charge is 2.19. The van der Waals surface area contributed by atoms with Crippen LogP contribution in [-0.2, 0) is 26.9 Å². The topological polar surface area (TPSA) is 131 Å². The van der Waals surface area contributed by atoms with E-state index in [4.69, 9.17) is 33.7 Å². The lowest BCUT2D eigenvalue weighted by atomic mass is 9.80. The van der Waals surface area contributed by atoms with Crippen molar-refractivity contribution < 1.29 is 56.0 Å². The van der Waals surface area contributed by atoms with Crippen molar-refractivity contribution in [2.24, 2.45) is 14.1 Å². The molecule has 2 N–H and O–H groups in total. The number of fused-ring (bicyclic) bond motifs is 2. The summed E-state index contributed by atoms with van der Waals surface area (Å²) in [7, 11) is 2.26. The summed E-state index contributed by atoms with van der Waals surface area (Å²) in [5, 5.41) is 25.9. The Kier molecular flexibility index (Phi) is 13.0. The van der Waals surface area contributed by atoms with Gasteiger partial charge in [0.25, 0.3) is 0 Å². The zero-order chi connectivity index (χ0) is 39.8. The highest BCUT2D eigenvalue weighted by atomic mass is 79.9. The number of rotatable bonds is 10. The first-order chi connectivity index (χ1) is 26.9. The number of ether oxygens (including phenoxy) is 6. The number of benzene rings is 4. The summed E-state index contributed by atoms with van der Waals surface area (Å²) in [5.41, 5.74) is 5.71. The third-order valence-electron chi connectivity index (χ3n) is 8.47. The second kappa shape index (κ2) is 18.3. The highest BCUT2D eigenvalue weighted by Crippen LogP contribution is 2.40. The highest BCUT2D eigenvalue weighted by molar-refractivity contribution is 9.10. The molecule has 0 aliphatic carbocycles. The number of hydrogen-bond acceptors (Lipinski definition) is 10. The predicted molar refractivity (Wildman–Crippen MR) is 200 cm³/mol. The SMILES string of the molecule is Cn1nccc1Cc1ccc(OC(F)F)c(-c2ccc3c(c2)OCO3)c1.Cn1nccc1Cc1ccc(OC(F)F)c(Br)c1.OB(O)c1ccc2c(c1)OCO2. The third-order valence-corrected chi connectivity index (χ3v) is 9.09. The van der Waals surface area contributed by atoms with E-state index in [2.05, 4.69) is 30.9 Å². The molecule has 2 aliphatic heterocycles. The number of aryl methyl sites for hydroxylation is 2. The Morgan fingerprint density at radius 3 is 1.71 bits per heavy atom. The summed E-state index contributed by atoms with van der Waals surface area (Å²) in [5.74, 6) is 2.67. The van der Waals surface area contributed by atoms with E-state index in [9.17, 15) is 17.6 Å². The Hall–Kier alpha value is -5.72. The minimum atomic E-state index is -2.90. The van der Waals surface area contributed by atoms with Crippen molar-refractivity contribution in [3.63, 3.8) is 0 Å². The summed E-state index contributed by atoms with van der Waals surface area (Å²) in [6.45, 7) is -5.37. The van der Waals surface area contributed by atoms with Gasteiger partial charge in [0.15, 0.2) is 23.0 Å². The molecule has 8 rings (SSSR count). The molecular weight excluding hydrogens is 807 g/mol. The van der Waals surface area contributed by atoms with E-state index in [1.807, 2.05) is 32.3 Å². The van der Waals surface area contributed by atoms with Crippen molar-refractivity contribution in [3.8, 4) is 45.6 Å². The van der Waals surface area contributed by atoms with Crippen LogP contribution in [0.1, 0.15) is 22.5 Å². The summed E-state index contributed by atoms with van der Waals surface area (Å²) in [4.78, 5) is 0. The molecule has 0 unspecified atom stereocenters. The van der Waals surface area contributed by atoms with Crippen molar-refractivity contribution in [2.75, 3.05) is 13.6 Å². The lowest BCUT2D eigenvalue weighted by Crippen LogP contribution is -2.29. The van der Waals surface area contributed by atoms with Crippen LogP contribution in [0.25, 0.3) is 11.1 Å². The van der Waals surface area contributed by atoms with Crippen LogP contribution in [0.3, 0.4) is 0 Å². The number of aromatic nitrogens is 4. The second-order valence-electron chi connectivity index (χ2n) is 12.2. The van der Waals surface area contributed by atoms with Crippen LogP contribution in [0.15, 0.2) is 102 Å². The van der Waals surface area contributed by atoms with Gasteiger partial charge in [0.05, 0.1) is 4.47 Å². The van der Waals surface area contributed by atoms with Gasteiger partial charge in [-0.1, -0.05) is 24.3 Å². The van der Waals surface area contributed by atoms with Gasteiger partial charge >= 0.3 is 20.3 Å². The van der Waals surface area contributed by atoms with E-state index < -0.39 is 20.3 Å². The minimum absolute atomic E-state index is 0.118. The molecule has 0 saturated heterocycles. The first kappa shape index (κ1) is 40.0. The Morgan fingerprint density at radius 1 is 0.661 bits per heavy atom. The summed E-state index contributed by atoms with van der Waals surface area (Å²) in [6, 6.07) is 24.2. The molecule has 18 heteroatoms. The smallest absolute Gasteiger partial charge is 0.454 e. The molecule has 6 aromatic rings. The fourth-order valence-electron chi connectivity index (χ4n) is 5.66. The van der Waals surface area contributed by atoms with Gasteiger partial charge in [-0.2, -0.15) is 27.8 Å².